The second kappa shape index (κ2) is 4.53. The van der Waals surface area contributed by atoms with Crippen LogP contribution in [0.15, 0.2) is 57.8 Å². The van der Waals surface area contributed by atoms with Crippen LogP contribution < -0.4 is 5.69 Å². The smallest absolute Gasteiger partial charge is 0.275 e. The van der Waals surface area contributed by atoms with Gasteiger partial charge in [0, 0.05) is 10.0 Å². The first-order valence-corrected chi connectivity index (χ1v) is 7.15. The highest BCUT2D eigenvalue weighted by Crippen LogP contribution is 2.24. The molecule has 0 saturated carbocycles. The first kappa shape index (κ1) is 12.3. The predicted molar refractivity (Wildman–Crippen MR) is 84.2 cm³/mol. The molecule has 0 amide bonds. The molecular weight excluding hydrogens is 332 g/mol. The van der Waals surface area contributed by atoms with Gasteiger partial charge >= 0.3 is 5.69 Å². The number of aromatic amines is 1. The van der Waals surface area contributed by atoms with Gasteiger partial charge in [-0.1, -0.05) is 46.3 Å². The molecule has 102 valence electrons. The van der Waals surface area contributed by atoms with E-state index in [4.69, 9.17) is 0 Å². The van der Waals surface area contributed by atoms with Crippen LogP contribution in [0.2, 0.25) is 0 Å². The molecule has 1 N–H and O–H groups in total. The third-order valence-corrected chi connectivity index (χ3v) is 3.78. The fourth-order valence-corrected chi connectivity index (χ4v) is 2.75. The van der Waals surface area contributed by atoms with Crippen LogP contribution in [0.25, 0.3) is 28.2 Å². The van der Waals surface area contributed by atoms with Gasteiger partial charge in [0.1, 0.15) is 0 Å². The third kappa shape index (κ3) is 1.95. The van der Waals surface area contributed by atoms with E-state index in [9.17, 15) is 4.79 Å². The monoisotopic (exact) mass is 340 g/mol. The minimum atomic E-state index is -0.407. The van der Waals surface area contributed by atoms with Gasteiger partial charge in [-0.15, -0.1) is 0 Å². The van der Waals surface area contributed by atoms with Gasteiger partial charge in [0.2, 0.25) is 5.78 Å². The molecule has 0 bridgehead atoms. The fraction of sp³-hybridized carbons (Fsp3) is 0. The zero-order chi connectivity index (χ0) is 14.4. The Morgan fingerprint density at radius 1 is 1.05 bits per heavy atom. The topological polar surface area (TPSA) is 63.1 Å². The number of fused-ring (bicyclic) bond motifs is 3. The summed E-state index contributed by atoms with van der Waals surface area (Å²) in [5.74, 6) is 1.07. The van der Waals surface area contributed by atoms with Crippen LogP contribution in [0.3, 0.4) is 0 Å². The van der Waals surface area contributed by atoms with Gasteiger partial charge in [0.05, 0.1) is 11.0 Å². The Morgan fingerprint density at radius 2 is 1.86 bits per heavy atom. The highest BCUT2D eigenvalue weighted by Gasteiger charge is 2.12. The zero-order valence-electron chi connectivity index (χ0n) is 10.7. The normalized spacial score (nSPS) is 11.3. The molecule has 0 atom stereocenters. The van der Waals surface area contributed by atoms with Crippen LogP contribution in [-0.4, -0.2) is 19.4 Å². The third-order valence-electron chi connectivity index (χ3n) is 3.29. The van der Waals surface area contributed by atoms with Crippen molar-refractivity contribution in [3.05, 3.63) is 63.5 Å². The molecule has 0 saturated heterocycles. The Bertz CT molecular complexity index is 1020. The van der Waals surface area contributed by atoms with Gasteiger partial charge in [0.25, 0.3) is 0 Å². The summed E-state index contributed by atoms with van der Waals surface area (Å²) in [6.45, 7) is 0. The molecule has 0 radical (unpaired) electrons. The molecule has 0 spiro atoms. The van der Waals surface area contributed by atoms with Gasteiger partial charge in [-0.3, -0.25) is 9.38 Å². The maximum Gasteiger partial charge on any atom is 0.349 e. The van der Waals surface area contributed by atoms with Crippen molar-refractivity contribution < 1.29 is 0 Å². The van der Waals surface area contributed by atoms with Gasteiger partial charge in [-0.05, 0) is 18.2 Å². The van der Waals surface area contributed by atoms with Crippen LogP contribution in [0, 0.1) is 0 Å². The first-order chi connectivity index (χ1) is 10.2. The van der Waals surface area contributed by atoms with Crippen molar-refractivity contribution in [2.24, 2.45) is 0 Å². The number of hydrogen-bond donors (Lipinski definition) is 1. The number of imidazole rings is 1. The van der Waals surface area contributed by atoms with Crippen LogP contribution >= 0.6 is 15.9 Å². The van der Waals surface area contributed by atoms with Crippen molar-refractivity contribution in [3.8, 4) is 11.4 Å². The molecule has 0 aliphatic rings. The Labute approximate surface area is 127 Å². The lowest BCUT2D eigenvalue weighted by Gasteiger charge is -2.04. The molecule has 0 fully saturated rings. The zero-order valence-corrected chi connectivity index (χ0v) is 12.3. The van der Waals surface area contributed by atoms with E-state index in [0.717, 1.165) is 21.1 Å². The largest absolute Gasteiger partial charge is 0.349 e. The van der Waals surface area contributed by atoms with Crippen molar-refractivity contribution >= 4 is 32.7 Å². The maximum atomic E-state index is 11.8. The Balaban J connectivity index is 2.21. The average molecular weight is 341 g/mol. The van der Waals surface area contributed by atoms with E-state index < -0.39 is 5.69 Å². The van der Waals surface area contributed by atoms with Crippen molar-refractivity contribution in [2.75, 3.05) is 0 Å². The summed E-state index contributed by atoms with van der Waals surface area (Å²) in [7, 11) is 0. The number of nitrogens with zero attached hydrogens (tertiary/aromatic N) is 3. The minimum absolute atomic E-state index is 0.407. The summed E-state index contributed by atoms with van der Waals surface area (Å²) in [4.78, 5) is 23.0. The molecule has 2 aromatic heterocycles. The molecule has 21 heavy (non-hydrogen) atoms. The number of rotatable bonds is 1. The van der Waals surface area contributed by atoms with E-state index in [1.54, 1.807) is 0 Å². The molecule has 0 aliphatic carbocycles. The number of hydrogen-bond acceptors (Lipinski definition) is 3. The summed E-state index contributed by atoms with van der Waals surface area (Å²) < 4.78 is 2.80. The van der Waals surface area contributed by atoms with E-state index in [1.807, 2.05) is 52.9 Å². The van der Waals surface area contributed by atoms with Gasteiger partial charge in [-0.2, -0.15) is 4.98 Å². The Morgan fingerprint density at radius 3 is 2.67 bits per heavy atom. The number of aromatic nitrogens is 4. The second-order valence-electron chi connectivity index (χ2n) is 4.64. The van der Waals surface area contributed by atoms with E-state index in [1.165, 1.54) is 0 Å². The number of benzene rings is 2. The van der Waals surface area contributed by atoms with E-state index in [0.29, 0.717) is 11.6 Å². The highest BCUT2D eigenvalue weighted by molar-refractivity contribution is 9.10. The van der Waals surface area contributed by atoms with E-state index in [-0.39, 0.29) is 0 Å². The molecule has 6 heteroatoms. The van der Waals surface area contributed by atoms with Crippen molar-refractivity contribution in [2.45, 2.75) is 0 Å². The SMILES string of the molecule is O=c1nc(-c2ccccc2)n2c(nc3ccc(Br)cc32)[nH]1. The van der Waals surface area contributed by atoms with Crippen LogP contribution in [-0.2, 0) is 0 Å². The summed E-state index contributed by atoms with van der Waals surface area (Å²) in [6, 6.07) is 15.4. The molecule has 2 heterocycles. The molecule has 0 unspecified atom stereocenters. The van der Waals surface area contributed by atoms with Crippen LogP contribution in [0.4, 0.5) is 0 Å². The van der Waals surface area contributed by atoms with E-state index in [2.05, 4.69) is 30.9 Å². The average Bonchev–Trinajstić information content (AvgIpc) is 2.84. The number of H-pyrrole nitrogens is 1. The molecule has 2 aromatic carbocycles. The first-order valence-electron chi connectivity index (χ1n) is 6.36. The molecule has 4 rings (SSSR count). The van der Waals surface area contributed by atoms with Crippen molar-refractivity contribution in [1.82, 2.24) is 19.4 Å². The van der Waals surface area contributed by atoms with Crippen LogP contribution in [0.5, 0.6) is 0 Å². The lowest BCUT2D eigenvalue weighted by molar-refractivity contribution is 0.988. The van der Waals surface area contributed by atoms with Crippen molar-refractivity contribution in [1.29, 1.82) is 0 Å². The molecule has 5 nitrogen and oxygen atoms in total. The summed E-state index contributed by atoms with van der Waals surface area (Å²) >= 11 is 3.46. The highest BCUT2D eigenvalue weighted by atomic mass is 79.9. The van der Waals surface area contributed by atoms with Gasteiger partial charge in [-0.25, -0.2) is 9.78 Å². The van der Waals surface area contributed by atoms with E-state index >= 15 is 0 Å². The Kier molecular flexibility index (Phi) is 2.65. The Hall–Kier alpha value is -2.47. The van der Waals surface area contributed by atoms with Crippen molar-refractivity contribution in [3.63, 3.8) is 0 Å². The minimum Gasteiger partial charge on any atom is -0.275 e. The lowest BCUT2D eigenvalue weighted by atomic mass is 10.2. The standard InChI is InChI=1S/C15H9BrN4O/c16-10-6-7-11-12(8-10)20-13(9-4-2-1-3-5-9)18-15(21)19-14(20)17-11/h1-8H,(H,17,19,21). The fourth-order valence-electron chi connectivity index (χ4n) is 2.40. The van der Waals surface area contributed by atoms with Crippen LogP contribution in [0.1, 0.15) is 0 Å². The van der Waals surface area contributed by atoms with Gasteiger partial charge in [0.15, 0.2) is 5.82 Å². The summed E-state index contributed by atoms with van der Waals surface area (Å²) in [6.07, 6.45) is 0. The second-order valence-corrected chi connectivity index (χ2v) is 5.55. The molecule has 4 aromatic rings. The van der Waals surface area contributed by atoms with Gasteiger partial charge < -0.3 is 0 Å². The molecule has 0 aliphatic heterocycles. The maximum absolute atomic E-state index is 11.8. The number of halogens is 1. The lowest BCUT2D eigenvalue weighted by Crippen LogP contribution is -2.15. The quantitative estimate of drug-likeness (QED) is 0.579. The summed E-state index contributed by atoms with van der Waals surface area (Å²) in [5.41, 5.74) is 2.16. The summed E-state index contributed by atoms with van der Waals surface area (Å²) in [5, 5.41) is 0. The molecular formula is C15H9BrN4O. The predicted octanol–water partition coefficient (Wildman–Crippen LogP) is 3.00. The number of nitrogens with one attached hydrogen (secondary N) is 1.